The van der Waals surface area contributed by atoms with E-state index in [0.717, 1.165) is 36.3 Å². The van der Waals surface area contributed by atoms with E-state index in [9.17, 15) is 9.18 Å². The molecule has 0 saturated carbocycles. The maximum Gasteiger partial charge on any atom is 0.320 e. The van der Waals surface area contributed by atoms with Gasteiger partial charge in [0, 0.05) is 36.7 Å². The van der Waals surface area contributed by atoms with Gasteiger partial charge in [0.2, 0.25) is 0 Å². The molecule has 0 bridgehead atoms. The lowest BCUT2D eigenvalue weighted by Gasteiger charge is -2.12. The second-order valence-electron chi connectivity index (χ2n) is 7.97. The molecule has 1 atom stereocenters. The second kappa shape index (κ2) is 8.95. The molecular formula is C24H23FN6O2. The number of benzene rings is 1. The zero-order valence-corrected chi connectivity index (χ0v) is 18.1. The third-order valence-electron chi connectivity index (χ3n) is 5.61. The molecule has 5 rings (SSSR count). The highest BCUT2D eigenvalue weighted by Gasteiger charge is 2.19. The minimum Gasteiger partial charge on any atom is -0.376 e. The molecule has 1 aliphatic heterocycles. The first-order valence-electron chi connectivity index (χ1n) is 10.8. The van der Waals surface area contributed by atoms with Crippen LogP contribution in [0, 0.1) is 12.7 Å². The van der Waals surface area contributed by atoms with Crippen LogP contribution in [0.25, 0.3) is 28.2 Å². The molecule has 4 aromatic rings. The Balaban J connectivity index is 1.47. The van der Waals surface area contributed by atoms with Crippen molar-refractivity contribution < 1.29 is 13.9 Å². The molecule has 4 heterocycles. The van der Waals surface area contributed by atoms with Crippen molar-refractivity contribution in [2.75, 3.05) is 18.5 Å². The van der Waals surface area contributed by atoms with Gasteiger partial charge in [-0.3, -0.25) is 5.32 Å². The van der Waals surface area contributed by atoms with Crippen LogP contribution in [0.5, 0.6) is 0 Å². The highest BCUT2D eigenvalue weighted by atomic mass is 19.1. The van der Waals surface area contributed by atoms with Crippen molar-refractivity contribution >= 4 is 17.5 Å². The Labute approximate surface area is 189 Å². The quantitative estimate of drug-likeness (QED) is 0.479. The van der Waals surface area contributed by atoms with Gasteiger partial charge in [-0.2, -0.15) is 5.10 Å². The lowest BCUT2D eigenvalue weighted by molar-refractivity contribution is 0.112. The Morgan fingerprint density at radius 2 is 2.12 bits per heavy atom. The van der Waals surface area contributed by atoms with Gasteiger partial charge in [0.1, 0.15) is 17.3 Å². The maximum absolute atomic E-state index is 13.9. The molecule has 0 aliphatic carbocycles. The number of nitrogens with one attached hydrogen (secondary N) is 2. The molecule has 1 aliphatic rings. The van der Waals surface area contributed by atoms with Gasteiger partial charge >= 0.3 is 6.03 Å². The Hall–Kier alpha value is -3.85. The van der Waals surface area contributed by atoms with Crippen LogP contribution in [0.4, 0.5) is 15.0 Å². The van der Waals surface area contributed by atoms with Crippen LogP contribution in [-0.4, -0.2) is 44.9 Å². The molecule has 2 N–H and O–H groups in total. The molecule has 1 saturated heterocycles. The molecule has 3 aromatic heterocycles. The predicted molar refractivity (Wildman–Crippen MR) is 122 cm³/mol. The first-order valence-corrected chi connectivity index (χ1v) is 10.8. The fourth-order valence-electron chi connectivity index (χ4n) is 3.96. The summed E-state index contributed by atoms with van der Waals surface area (Å²) in [5, 5.41) is 10.1. The number of pyridine rings is 1. The van der Waals surface area contributed by atoms with Crippen molar-refractivity contribution in [3.63, 3.8) is 0 Å². The molecule has 1 fully saturated rings. The molecule has 0 radical (unpaired) electrons. The van der Waals surface area contributed by atoms with Crippen LogP contribution in [-0.2, 0) is 4.74 Å². The molecular weight excluding hydrogens is 423 g/mol. The summed E-state index contributed by atoms with van der Waals surface area (Å²) in [7, 11) is 0. The summed E-state index contributed by atoms with van der Waals surface area (Å²) < 4.78 is 21.1. The molecule has 33 heavy (non-hydrogen) atoms. The molecule has 9 heteroatoms. The van der Waals surface area contributed by atoms with Gasteiger partial charge in [-0.25, -0.2) is 23.7 Å². The van der Waals surface area contributed by atoms with Crippen molar-refractivity contribution in [2.24, 2.45) is 0 Å². The number of carbonyl (C=O) groups excluding carboxylic acids is 1. The number of hydrogen-bond acceptors (Lipinski definition) is 5. The van der Waals surface area contributed by atoms with Crippen molar-refractivity contribution in [3.8, 4) is 22.5 Å². The predicted octanol–water partition coefficient (Wildman–Crippen LogP) is 4.21. The Morgan fingerprint density at radius 1 is 1.21 bits per heavy atom. The number of amides is 2. The van der Waals surface area contributed by atoms with Gasteiger partial charge in [0.15, 0.2) is 5.65 Å². The van der Waals surface area contributed by atoms with Crippen LogP contribution >= 0.6 is 0 Å². The number of urea groups is 1. The zero-order valence-electron chi connectivity index (χ0n) is 18.1. The fourth-order valence-corrected chi connectivity index (χ4v) is 3.96. The third-order valence-corrected chi connectivity index (χ3v) is 5.61. The smallest absolute Gasteiger partial charge is 0.320 e. The number of nitrogens with zero attached hydrogens (tertiary/aromatic N) is 4. The highest BCUT2D eigenvalue weighted by Crippen LogP contribution is 2.33. The van der Waals surface area contributed by atoms with Gasteiger partial charge < -0.3 is 10.1 Å². The summed E-state index contributed by atoms with van der Waals surface area (Å²) in [4.78, 5) is 21.4. The second-order valence-corrected chi connectivity index (χ2v) is 7.97. The molecule has 0 spiro atoms. The van der Waals surface area contributed by atoms with Crippen molar-refractivity contribution in [3.05, 3.63) is 66.2 Å². The number of carbonyl (C=O) groups is 1. The van der Waals surface area contributed by atoms with Crippen LogP contribution in [0.3, 0.4) is 0 Å². The van der Waals surface area contributed by atoms with Gasteiger partial charge in [0.25, 0.3) is 0 Å². The SMILES string of the molecule is Cc1cc(-c2nc3cccnn3c2-c2ccnc(NC(=O)NCC3CCCO3)c2)ccc1F. The summed E-state index contributed by atoms with van der Waals surface area (Å²) in [5.74, 6) is 0.121. The van der Waals surface area contributed by atoms with Gasteiger partial charge in [0.05, 0.1) is 11.8 Å². The Bertz CT molecular complexity index is 1320. The number of aromatic nitrogens is 4. The van der Waals surface area contributed by atoms with E-state index in [1.165, 1.54) is 6.07 Å². The fraction of sp³-hybridized carbons (Fsp3) is 0.250. The van der Waals surface area contributed by atoms with Gasteiger partial charge in [-0.1, -0.05) is 0 Å². The highest BCUT2D eigenvalue weighted by molar-refractivity contribution is 5.90. The summed E-state index contributed by atoms with van der Waals surface area (Å²) in [5.41, 5.74) is 4.12. The van der Waals surface area contributed by atoms with E-state index < -0.39 is 0 Å². The molecule has 1 unspecified atom stereocenters. The first-order chi connectivity index (χ1) is 16.1. The summed E-state index contributed by atoms with van der Waals surface area (Å²) >= 11 is 0. The number of halogens is 1. The minimum atomic E-state index is -0.346. The van der Waals surface area contributed by atoms with Gasteiger partial charge in [-0.05, 0) is 67.8 Å². The number of imidazole rings is 1. The molecule has 2 amide bonds. The lowest BCUT2D eigenvalue weighted by Crippen LogP contribution is -2.35. The standard InChI is InChI=1S/C24H23FN6O2/c1-15-12-16(6-7-19(15)25)22-23(31-21(30-22)5-2-9-28-31)17-8-10-26-20(13-17)29-24(32)27-14-18-4-3-11-33-18/h2,5-10,12-13,18H,3-4,11,14H2,1H3,(H2,26,27,29,32). The Kier molecular flexibility index (Phi) is 5.70. The summed E-state index contributed by atoms with van der Waals surface area (Å²) in [6.45, 7) is 2.91. The minimum absolute atomic E-state index is 0.0565. The number of ether oxygens (including phenoxy) is 1. The average molecular weight is 446 g/mol. The van der Waals surface area contributed by atoms with Crippen molar-refractivity contribution in [1.29, 1.82) is 0 Å². The summed E-state index contributed by atoms with van der Waals surface area (Å²) in [6.07, 6.45) is 5.31. The van der Waals surface area contributed by atoms with E-state index in [2.05, 4.69) is 20.7 Å². The number of anilines is 1. The third kappa shape index (κ3) is 4.40. The van der Waals surface area contributed by atoms with Gasteiger partial charge in [-0.15, -0.1) is 0 Å². The van der Waals surface area contributed by atoms with Crippen LogP contribution < -0.4 is 10.6 Å². The van der Waals surface area contributed by atoms with Crippen LogP contribution in [0.2, 0.25) is 0 Å². The first kappa shape index (κ1) is 21.0. The normalized spacial score (nSPS) is 15.6. The average Bonchev–Trinajstić information content (AvgIpc) is 3.47. The number of hydrogen-bond donors (Lipinski definition) is 2. The topological polar surface area (TPSA) is 93.4 Å². The monoisotopic (exact) mass is 446 g/mol. The molecule has 8 nitrogen and oxygen atoms in total. The van der Waals surface area contributed by atoms with E-state index in [1.54, 1.807) is 42.0 Å². The van der Waals surface area contributed by atoms with E-state index in [-0.39, 0.29) is 18.0 Å². The number of aryl methyl sites for hydroxylation is 1. The zero-order chi connectivity index (χ0) is 22.8. The Morgan fingerprint density at radius 3 is 2.94 bits per heavy atom. The van der Waals surface area contributed by atoms with Crippen LogP contribution in [0.15, 0.2) is 54.9 Å². The van der Waals surface area contributed by atoms with Crippen molar-refractivity contribution in [1.82, 2.24) is 24.9 Å². The number of fused-ring (bicyclic) bond motifs is 1. The van der Waals surface area contributed by atoms with E-state index in [1.807, 2.05) is 18.2 Å². The molecule has 1 aromatic carbocycles. The van der Waals surface area contributed by atoms with E-state index in [0.29, 0.717) is 29.3 Å². The van der Waals surface area contributed by atoms with E-state index in [4.69, 9.17) is 9.72 Å². The molecule has 168 valence electrons. The van der Waals surface area contributed by atoms with Crippen LogP contribution in [0.1, 0.15) is 18.4 Å². The maximum atomic E-state index is 13.9. The lowest BCUT2D eigenvalue weighted by atomic mass is 10.0. The van der Waals surface area contributed by atoms with E-state index >= 15 is 0 Å². The summed E-state index contributed by atoms with van der Waals surface area (Å²) in [6, 6.07) is 11.8. The number of rotatable bonds is 5. The van der Waals surface area contributed by atoms with Crippen molar-refractivity contribution in [2.45, 2.75) is 25.9 Å². The largest absolute Gasteiger partial charge is 0.376 e.